The number of nitrogens with zero attached hydrogens (tertiary/aromatic N) is 1. The Morgan fingerprint density at radius 1 is 0.774 bits per heavy atom. The van der Waals surface area contributed by atoms with Gasteiger partial charge >= 0.3 is 5.97 Å². The molecule has 156 valence electrons. The normalized spacial score (nSPS) is 13.8. The number of ether oxygens (including phenoxy) is 1. The van der Waals surface area contributed by atoms with Crippen molar-refractivity contribution in [2.75, 3.05) is 0 Å². The smallest absolute Gasteiger partial charge is 0.377 e. The molecular weight excluding hydrogens is 394 g/mol. The molecule has 1 unspecified atom stereocenters. The van der Waals surface area contributed by atoms with E-state index in [0.29, 0.717) is 16.4 Å². The Morgan fingerprint density at radius 3 is 1.97 bits per heavy atom. The number of imide groups is 1. The van der Waals surface area contributed by atoms with Gasteiger partial charge in [-0.2, -0.15) is 0 Å². The van der Waals surface area contributed by atoms with E-state index in [1.165, 1.54) is 12.1 Å². The number of hydrogen-bond acceptors (Lipinski definition) is 5. The topological polar surface area (TPSA) is 72.9 Å². The van der Waals surface area contributed by atoms with Crippen molar-refractivity contribution in [3.05, 3.63) is 101 Å². The first-order valence-corrected chi connectivity index (χ1v) is 9.97. The van der Waals surface area contributed by atoms with E-state index in [9.17, 15) is 14.4 Å². The molecule has 0 bridgehead atoms. The van der Waals surface area contributed by atoms with Gasteiger partial charge in [0.1, 0.15) is 5.75 Å². The largest absolute Gasteiger partial charge is 0.474 e. The lowest BCUT2D eigenvalue weighted by Crippen LogP contribution is -2.35. The molecule has 0 aliphatic carbocycles. The summed E-state index contributed by atoms with van der Waals surface area (Å²) in [4.78, 5) is 43.5. The van der Waals surface area contributed by atoms with Crippen LogP contribution in [0.5, 0.6) is 5.75 Å². The average molecular weight is 415 g/mol. The highest BCUT2D eigenvalue weighted by molar-refractivity contribution is 6.20. The summed E-state index contributed by atoms with van der Waals surface area (Å²) in [5.41, 5.74) is 1.99. The molecule has 31 heavy (non-hydrogen) atoms. The van der Waals surface area contributed by atoms with Crippen LogP contribution in [0.3, 0.4) is 0 Å². The van der Waals surface area contributed by atoms with Crippen molar-refractivity contribution < 1.29 is 24.0 Å². The van der Waals surface area contributed by atoms with Crippen LogP contribution in [0, 0.1) is 0 Å². The highest BCUT2D eigenvalue weighted by atomic mass is 16.7. The van der Waals surface area contributed by atoms with Crippen molar-refractivity contribution in [3.8, 4) is 5.75 Å². The summed E-state index contributed by atoms with van der Waals surface area (Å²) < 4.78 is 5.99. The second-order valence-corrected chi connectivity index (χ2v) is 7.50. The molecule has 1 heterocycles. The van der Waals surface area contributed by atoms with Gasteiger partial charge in [-0.3, -0.25) is 9.59 Å². The van der Waals surface area contributed by atoms with Gasteiger partial charge in [-0.15, -0.1) is 0 Å². The molecular formula is C25H21NO5. The van der Waals surface area contributed by atoms with Crippen molar-refractivity contribution in [1.29, 1.82) is 0 Å². The standard InChI is InChI=1S/C25H21NO5/c1-16(2)18-11-8-12-19(15-18)30-22(17-9-4-3-5-10-17)25(29)31-26-23(27)20-13-6-7-14-21(20)24(26)28/h3-16,22H,1-2H3. The lowest BCUT2D eigenvalue weighted by molar-refractivity contribution is -0.177. The minimum Gasteiger partial charge on any atom is -0.474 e. The second kappa shape index (κ2) is 8.44. The number of carbonyl (C=O) groups is 3. The summed E-state index contributed by atoms with van der Waals surface area (Å²) >= 11 is 0. The molecule has 3 aromatic carbocycles. The first-order valence-electron chi connectivity index (χ1n) is 9.97. The molecule has 2 amide bonds. The zero-order valence-corrected chi connectivity index (χ0v) is 17.1. The van der Waals surface area contributed by atoms with Crippen LogP contribution in [0.1, 0.15) is 57.7 Å². The quantitative estimate of drug-likeness (QED) is 0.547. The first-order chi connectivity index (χ1) is 15.0. The van der Waals surface area contributed by atoms with Crippen LogP contribution in [-0.2, 0) is 9.63 Å². The Balaban J connectivity index is 1.61. The van der Waals surface area contributed by atoms with Crippen LogP contribution >= 0.6 is 0 Å². The molecule has 0 fully saturated rings. The Hall–Kier alpha value is -3.93. The van der Waals surface area contributed by atoms with Gasteiger partial charge in [0.2, 0.25) is 6.10 Å². The SMILES string of the molecule is CC(C)c1cccc(OC(C(=O)ON2C(=O)c3ccccc3C2=O)c2ccccc2)c1. The van der Waals surface area contributed by atoms with Crippen LogP contribution in [0.4, 0.5) is 0 Å². The lowest BCUT2D eigenvalue weighted by atomic mass is 10.0. The summed E-state index contributed by atoms with van der Waals surface area (Å²) in [6.45, 7) is 4.12. The number of fused-ring (bicyclic) bond motifs is 1. The second-order valence-electron chi connectivity index (χ2n) is 7.50. The third-order valence-electron chi connectivity index (χ3n) is 5.03. The zero-order valence-electron chi connectivity index (χ0n) is 17.1. The minimum absolute atomic E-state index is 0.196. The van der Waals surface area contributed by atoms with E-state index >= 15 is 0 Å². The molecule has 6 heteroatoms. The number of hydrogen-bond donors (Lipinski definition) is 0. The monoisotopic (exact) mass is 415 g/mol. The van der Waals surface area contributed by atoms with Crippen LogP contribution in [0.25, 0.3) is 0 Å². The highest BCUT2D eigenvalue weighted by Gasteiger charge is 2.40. The van der Waals surface area contributed by atoms with Gasteiger partial charge in [-0.05, 0) is 35.7 Å². The number of rotatable bonds is 6. The maximum absolute atomic E-state index is 13.1. The molecule has 0 radical (unpaired) electrons. The van der Waals surface area contributed by atoms with Crippen molar-refractivity contribution in [1.82, 2.24) is 5.06 Å². The summed E-state index contributed by atoms with van der Waals surface area (Å²) in [6, 6.07) is 22.6. The molecule has 0 aromatic heterocycles. The molecule has 0 saturated carbocycles. The van der Waals surface area contributed by atoms with E-state index < -0.39 is 23.9 Å². The maximum atomic E-state index is 13.1. The van der Waals surface area contributed by atoms with E-state index in [4.69, 9.17) is 9.57 Å². The van der Waals surface area contributed by atoms with Gasteiger partial charge < -0.3 is 9.57 Å². The molecule has 0 spiro atoms. The summed E-state index contributed by atoms with van der Waals surface area (Å²) in [5.74, 6) is -1.45. The summed E-state index contributed by atoms with van der Waals surface area (Å²) in [6.07, 6.45) is -1.16. The van der Waals surface area contributed by atoms with E-state index in [2.05, 4.69) is 13.8 Å². The molecule has 3 aromatic rings. The van der Waals surface area contributed by atoms with Crippen molar-refractivity contribution in [2.45, 2.75) is 25.9 Å². The molecule has 1 aliphatic heterocycles. The third-order valence-corrected chi connectivity index (χ3v) is 5.03. The van der Waals surface area contributed by atoms with Crippen LogP contribution < -0.4 is 4.74 Å². The molecule has 0 saturated heterocycles. The van der Waals surface area contributed by atoms with Crippen molar-refractivity contribution in [2.24, 2.45) is 0 Å². The summed E-state index contributed by atoms with van der Waals surface area (Å²) in [7, 11) is 0. The van der Waals surface area contributed by atoms with Gasteiger partial charge in [0.05, 0.1) is 11.1 Å². The number of carbonyl (C=O) groups excluding carboxylic acids is 3. The number of benzene rings is 3. The Bertz CT molecular complexity index is 1100. The first kappa shape index (κ1) is 20.3. The maximum Gasteiger partial charge on any atom is 0.377 e. The van der Waals surface area contributed by atoms with E-state index in [-0.39, 0.29) is 17.0 Å². The van der Waals surface area contributed by atoms with Crippen LogP contribution in [0.15, 0.2) is 78.9 Å². The Labute approximate surface area is 180 Å². The van der Waals surface area contributed by atoms with Crippen LogP contribution in [0.2, 0.25) is 0 Å². The van der Waals surface area contributed by atoms with Gasteiger partial charge in [-0.1, -0.05) is 73.5 Å². The average Bonchev–Trinajstić information content (AvgIpc) is 3.03. The molecule has 0 N–H and O–H groups in total. The highest BCUT2D eigenvalue weighted by Crippen LogP contribution is 2.28. The number of amides is 2. The molecule has 1 atom stereocenters. The van der Waals surface area contributed by atoms with Crippen molar-refractivity contribution >= 4 is 17.8 Å². The van der Waals surface area contributed by atoms with E-state index in [0.717, 1.165) is 5.56 Å². The van der Waals surface area contributed by atoms with Gasteiger partial charge in [-0.25, -0.2) is 4.79 Å². The van der Waals surface area contributed by atoms with Gasteiger partial charge in [0, 0.05) is 5.56 Å². The van der Waals surface area contributed by atoms with Gasteiger partial charge in [0.15, 0.2) is 0 Å². The van der Waals surface area contributed by atoms with Crippen LogP contribution in [-0.4, -0.2) is 22.8 Å². The minimum atomic E-state index is -1.16. The van der Waals surface area contributed by atoms with Gasteiger partial charge in [0.25, 0.3) is 11.8 Å². The fourth-order valence-corrected chi connectivity index (χ4v) is 3.35. The summed E-state index contributed by atoms with van der Waals surface area (Å²) in [5, 5.41) is 0.497. The number of hydroxylamine groups is 2. The predicted molar refractivity (Wildman–Crippen MR) is 113 cm³/mol. The van der Waals surface area contributed by atoms with Crippen molar-refractivity contribution in [3.63, 3.8) is 0 Å². The zero-order chi connectivity index (χ0) is 22.0. The molecule has 4 rings (SSSR count). The fraction of sp³-hybridized carbons (Fsp3) is 0.160. The van der Waals surface area contributed by atoms with E-state index in [1.807, 2.05) is 24.3 Å². The molecule has 6 nitrogen and oxygen atoms in total. The Kier molecular flexibility index (Phi) is 5.54. The van der Waals surface area contributed by atoms with E-state index in [1.54, 1.807) is 42.5 Å². The third kappa shape index (κ3) is 4.05. The molecule has 1 aliphatic rings. The fourth-order valence-electron chi connectivity index (χ4n) is 3.35. The lowest BCUT2D eigenvalue weighted by Gasteiger charge is -2.21. The Morgan fingerprint density at radius 2 is 1.35 bits per heavy atom. The predicted octanol–water partition coefficient (Wildman–Crippen LogP) is 4.68.